The summed E-state index contributed by atoms with van der Waals surface area (Å²) in [4.78, 5) is 10.6. The largest absolute Gasteiger partial charge is 0.396 e. The summed E-state index contributed by atoms with van der Waals surface area (Å²) in [6.07, 6.45) is 4.47. The first-order valence-corrected chi connectivity index (χ1v) is 6.22. The summed E-state index contributed by atoms with van der Waals surface area (Å²) in [5.41, 5.74) is 0.938. The van der Waals surface area contributed by atoms with E-state index in [4.69, 9.17) is 5.11 Å². The Kier molecular flexibility index (Phi) is 4.09. The summed E-state index contributed by atoms with van der Waals surface area (Å²) >= 11 is 0. The minimum absolute atomic E-state index is 0.269. The van der Waals surface area contributed by atoms with Crippen molar-refractivity contribution < 1.29 is 5.11 Å². The minimum Gasteiger partial charge on any atom is -0.396 e. The number of fused-ring (bicyclic) bond motifs is 1. The molecular weight excluding hydrogens is 230 g/mol. The molecule has 6 nitrogen and oxygen atoms in total. The zero-order valence-electron chi connectivity index (χ0n) is 10.9. The number of aryl methyl sites for hydroxylation is 1. The van der Waals surface area contributed by atoms with Crippen LogP contribution in [0, 0.1) is 6.92 Å². The summed E-state index contributed by atoms with van der Waals surface area (Å²) in [6.45, 7) is 3.15. The molecule has 18 heavy (non-hydrogen) atoms. The predicted octanol–water partition coefficient (Wildman–Crippen LogP) is 1.03. The Labute approximate surface area is 106 Å². The third kappa shape index (κ3) is 2.76. The van der Waals surface area contributed by atoms with Crippen LogP contribution in [0.25, 0.3) is 5.78 Å². The van der Waals surface area contributed by atoms with Crippen LogP contribution in [0.4, 0.5) is 5.82 Å². The Bertz CT molecular complexity index is 510. The molecule has 0 bridgehead atoms. The van der Waals surface area contributed by atoms with Crippen molar-refractivity contribution in [3.63, 3.8) is 0 Å². The first kappa shape index (κ1) is 12.8. The summed E-state index contributed by atoms with van der Waals surface area (Å²) < 4.78 is 1.75. The van der Waals surface area contributed by atoms with E-state index in [0.717, 1.165) is 37.3 Å². The summed E-state index contributed by atoms with van der Waals surface area (Å²) in [5.74, 6) is 1.63. The molecule has 2 rings (SSSR count). The number of unbranched alkanes of at least 4 members (excludes halogenated alkanes) is 2. The topological polar surface area (TPSA) is 66.5 Å². The van der Waals surface area contributed by atoms with Crippen LogP contribution in [-0.4, -0.2) is 44.9 Å². The van der Waals surface area contributed by atoms with Gasteiger partial charge in [0.15, 0.2) is 0 Å². The van der Waals surface area contributed by atoms with E-state index in [2.05, 4.69) is 20.0 Å². The fourth-order valence-corrected chi connectivity index (χ4v) is 1.94. The number of aliphatic hydroxyl groups excluding tert-OH is 1. The molecule has 1 N–H and O–H groups in total. The second kappa shape index (κ2) is 5.77. The van der Waals surface area contributed by atoms with Gasteiger partial charge < -0.3 is 10.0 Å². The number of nitrogens with zero attached hydrogens (tertiary/aromatic N) is 5. The van der Waals surface area contributed by atoms with Crippen molar-refractivity contribution in [2.24, 2.45) is 0 Å². The summed E-state index contributed by atoms with van der Waals surface area (Å²) in [7, 11) is 2.04. The van der Waals surface area contributed by atoms with Gasteiger partial charge in [0.05, 0.1) is 0 Å². The molecule has 0 spiro atoms. The van der Waals surface area contributed by atoms with Crippen LogP contribution < -0.4 is 4.90 Å². The van der Waals surface area contributed by atoms with Crippen molar-refractivity contribution in [3.8, 4) is 0 Å². The quantitative estimate of drug-likeness (QED) is 0.775. The molecule has 2 aromatic rings. The highest BCUT2D eigenvalue weighted by Gasteiger charge is 2.09. The van der Waals surface area contributed by atoms with E-state index in [0.29, 0.717) is 5.78 Å². The molecule has 0 saturated carbocycles. The summed E-state index contributed by atoms with van der Waals surface area (Å²) in [5, 5.41) is 12.9. The number of aromatic nitrogens is 4. The van der Waals surface area contributed by atoms with Crippen molar-refractivity contribution >= 4 is 11.6 Å². The van der Waals surface area contributed by atoms with Gasteiger partial charge in [-0.2, -0.15) is 14.6 Å². The molecule has 0 aliphatic carbocycles. The third-order valence-electron chi connectivity index (χ3n) is 2.90. The second-order valence-electron chi connectivity index (χ2n) is 4.43. The monoisotopic (exact) mass is 249 g/mol. The maximum absolute atomic E-state index is 8.75. The first-order valence-electron chi connectivity index (χ1n) is 6.22. The average Bonchev–Trinajstić information content (AvgIpc) is 2.81. The molecule has 0 aliphatic rings. The van der Waals surface area contributed by atoms with E-state index in [9.17, 15) is 0 Å². The van der Waals surface area contributed by atoms with Crippen LogP contribution in [0.1, 0.15) is 25.0 Å². The lowest BCUT2D eigenvalue weighted by atomic mass is 10.2. The molecule has 0 aliphatic heterocycles. The Morgan fingerprint density at radius 1 is 1.33 bits per heavy atom. The molecule has 0 unspecified atom stereocenters. The molecule has 98 valence electrons. The lowest BCUT2D eigenvalue weighted by molar-refractivity contribution is 0.283. The zero-order chi connectivity index (χ0) is 13.0. The number of aliphatic hydroxyl groups is 1. The van der Waals surface area contributed by atoms with E-state index >= 15 is 0 Å². The fraction of sp³-hybridized carbons (Fsp3) is 0.583. The van der Waals surface area contributed by atoms with Gasteiger partial charge in [0, 0.05) is 32.0 Å². The fourth-order valence-electron chi connectivity index (χ4n) is 1.94. The predicted molar refractivity (Wildman–Crippen MR) is 69.7 cm³/mol. The van der Waals surface area contributed by atoms with Gasteiger partial charge in [-0.05, 0) is 26.2 Å². The van der Waals surface area contributed by atoms with Crippen LogP contribution in [-0.2, 0) is 0 Å². The van der Waals surface area contributed by atoms with Crippen LogP contribution in [0.15, 0.2) is 12.4 Å². The smallest absolute Gasteiger partial charge is 0.254 e. The molecule has 2 heterocycles. The van der Waals surface area contributed by atoms with Gasteiger partial charge in [-0.15, -0.1) is 0 Å². The maximum atomic E-state index is 8.75. The molecule has 6 heteroatoms. The standard InChI is InChI=1S/C12H19N5O/c1-10-8-11(16(2)6-4-3-5-7-18)17-12(15-10)13-9-14-17/h8-9,18H,3-7H2,1-2H3. The molecular formula is C12H19N5O. The second-order valence-corrected chi connectivity index (χ2v) is 4.43. The van der Waals surface area contributed by atoms with Gasteiger partial charge in [0.2, 0.25) is 0 Å². The van der Waals surface area contributed by atoms with Gasteiger partial charge in [-0.1, -0.05) is 0 Å². The molecule has 0 radical (unpaired) electrons. The highest BCUT2D eigenvalue weighted by atomic mass is 16.2. The van der Waals surface area contributed by atoms with E-state index < -0.39 is 0 Å². The van der Waals surface area contributed by atoms with Gasteiger partial charge in [0.1, 0.15) is 12.1 Å². The molecule has 0 aromatic carbocycles. The number of rotatable bonds is 6. The minimum atomic E-state index is 0.269. The normalized spacial score (nSPS) is 11.1. The Morgan fingerprint density at radius 3 is 2.94 bits per heavy atom. The Morgan fingerprint density at radius 2 is 2.17 bits per heavy atom. The van der Waals surface area contributed by atoms with Crippen molar-refractivity contribution in [2.75, 3.05) is 25.1 Å². The van der Waals surface area contributed by atoms with Crippen molar-refractivity contribution in [1.82, 2.24) is 19.6 Å². The Balaban J connectivity index is 2.11. The lowest BCUT2D eigenvalue weighted by Crippen LogP contribution is -2.22. The third-order valence-corrected chi connectivity index (χ3v) is 2.90. The number of anilines is 1. The van der Waals surface area contributed by atoms with Gasteiger partial charge in [-0.25, -0.2) is 4.98 Å². The van der Waals surface area contributed by atoms with Crippen LogP contribution in [0.3, 0.4) is 0 Å². The molecule has 2 aromatic heterocycles. The number of hydrogen-bond donors (Lipinski definition) is 1. The van der Waals surface area contributed by atoms with E-state index in [1.165, 1.54) is 6.33 Å². The Hall–Kier alpha value is -1.69. The SMILES string of the molecule is Cc1cc(N(C)CCCCCO)n2ncnc2n1. The molecule has 0 amide bonds. The average molecular weight is 249 g/mol. The van der Waals surface area contributed by atoms with Crippen LogP contribution >= 0.6 is 0 Å². The number of hydrogen-bond acceptors (Lipinski definition) is 5. The highest BCUT2D eigenvalue weighted by molar-refractivity contribution is 5.46. The van der Waals surface area contributed by atoms with E-state index in [1.54, 1.807) is 4.52 Å². The van der Waals surface area contributed by atoms with Crippen LogP contribution in [0.2, 0.25) is 0 Å². The first-order chi connectivity index (χ1) is 8.72. The summed E-state index contributed by atoms with van der Waals surface area (Å²) in [6, 6.07) is 2.01. The maximum Gasteiger partial charge on any atom is 0.254 e. The van der Waals surface area contributed by atoms with Gasteiger partial charge in [-0.3, -0.25) is 0 Å². The molecule has 0 fully saturated rings. The van der Waals surface area contributed by atoms with Crippen LogP contribution in [0.5, 0.6) is 0 Å². The van der Waals surface area contributed by atoms with Crippen molar-refractivity contribution in [2.45, 2.75) is 26.2 Å². The molecule has 0 atom stereocenters. The lowest BCUT2D eigenvalue weighted by Gasteiger charge is -2.19. The van der Waals surface area contributed by atoms with Gasteiger partial charge in [0.25, 0.3) is 5.78 Å². The molecule has 0 saturated heterocycles. The van der Waals surface area contributed by atoms with E-state index in [-0.39, 0.29) is 6.61 Å². The highest BCUT2D eigenvalue weighted by Crippen LogP contribution is 2.15. The van der Waals surface area contributed by atoms with Crippen molar-refractivity contribution in [1.29, 1.82) is 0 Å². The van der Waals surface area contributed by atoms with Gasteiger partial charge >= 0.3 is 0 Å². The van der Waals surface area contributed by atoms with E-state index in [1.807, 2.05) is 20.0 Å². The zero-order valence-corrected chi connectivity index (χ0v) is 10.9. The van der Waals surface area contributed by atoms with Crippen molar-refractivity contribution in [3.05, 3.63) is 18.1 Å².